The minimum absolute atomic E-state index is 0.280. The number of para-hydroxylation sites is 1. The maximum atomic E-state index is 12.4. The zero-order chi connectivity index (χ0) is 17.0. The van der Waals surface area contributed by atoms with Crippen molar-refractivity contribution in [1.82, 2.24) is 4.57 Å². The van der Waals surface area contributed by atoms with E-state index < -0.39 is 17.8 Å². The largest absolute Gasteiger partial charge is 0.443 e. The molecule has 0 spiro atoms. The predicted molar refractivity (Wildman–Crippen MR) is 89.5 cm³/mol. The summed E-state index contributed by atoms with van der Waals surface area (Å²) in [5.41, 5.74) is 1.14. The Bertz CT molecular complexity index is 669. The van der Waals surface area contributed by atoms with Gasteiger partial charge in [-0.05, 0) is 33.3 Å². The van der Waals surface area contributed by atoms with E-state index in [9.17, 15) is 9.90 Å². The van der Waals surface area contributed by atoms with Gasteiger partial charge in [0.05, 0.1) is 24.8 Å². The van der Waals surface area contributed by atoms with Crippen LogP contribution in [-0.2, 0) is 16.1 Å². The quantitative estimate of drug-likeness (QED) is 0.912. The molecule has 1 heterocycles. The molecule has 0 amide bonds. The highest BCUT2D eigenvalue weighted by atomic mass is 16.6. The molecule has 0 aliphatic carbocycles. The van der Waals surface area contributed by atoms with Gasteiger partial charge in [-0.3, -0.25) is 4.57 Å². The third-order valence-electron chi connectivity index (χ3n) is 3.42. The van der Waals surface area contributed by atoms with Gasteiger partial charge in [0.15, 0.2) is 0 Å². The standard InChI is InChI=1S/C18H25NO4/c1-5-14(20)12-22-11-13-10-19(17(21)23-18(2,3)4)16-9-7-6-8-15(13)16/h6-10,14,20H,5,11-12H2,1-4H3. The highest BCUT2D eigenvalue weighted by Crippen LogP contribution is 2.23. The van der Waals surface area contributed by atoms with Gasteiger partial charge in [0.25, 0.3) is 0 Å². The summed E-state index contributed by atoms with van der Waals surface area (Å²) in [7, 11) is 0. The molecule has 5 heteroatoms. The predicted octanol–water partition coefficient (Wildman–Crippen LogP) is 3.71. The van der Waals surface area contributed by atoms with Gasteiger partial charge in [-0.25, -0.2) is 4.79 Å². The van der Waals surface area contributed by atoms with Crippen molar-refractivity contribution in [3.8, 4) is 0 Å². The van der Waals surface area contributed by atoms with E-state index in [4.69, 9.17) is 9.47 Å². The van der Waals surface area contributed by atoms with Gasteiger partial charge in [0, 0.05) is 17.1 Å². The summed E-state index contributed by atoms with van der Waals surface area (Å²) in [6, 6.07) is 7.63. The fraction of sp³-hybridized carbons (Fsp3) is 0.500. The molecule has 0 fully saturated rings. The zero-order valence-electron chi connectivity index (χ0n) is 14.2. The Morgan fingerprint density at radius 2 is 2.00 bits per heavy atom. The molecule has 1 aromatic carbocycles. The van der Waals surface area contributed by atoms with Crippen LogP contribution in [0.4, 0.5) is 4.79 Å². The number of nitrogens with zero attached hydrogens (tertiary/aromatic N) is 1. The lowest BCUT2D eigenvalue weighted by molar-refractivity contribution is 0.0271. The van der Waals surface area contributed by atoms with E-state index in [0.717, 1.165) is 16.5 Å². The van der Waals surface area contributed by atoms with E-state index >= 15 is 0 Å². The number of aliphatic hydroxyl groups is 1. The molecule has 23 heavy (non-hydrogen) atoms. The zero-order valence-corrected chi connectivity index (χ0v) is 14.2. The van der Waals surface area contributed by atoms with Crippen LogP contribution in [0.3, 0.4) is 0 Å². The Hall–Kier alpha value is -1.85. The van der Waals surface area contributed by atoms with Gasteiger partial charge < -0.3 is 14.6 Å². The van der Waals surface area contributed by atoms with Crippen molar-refractivity contribution in [3.63, 3.8) is 0 Å². The van der Waals surface area contributed by atoms with Crippen molar-refractivity contribution in [2.75, 3.05) is 6.61 Å². The van der Waals surface area contributed by atoms with Gasteiger partial charge in [-0.1, -0.05) is 25.1 Å². The number of hydrogen-bond acceptors (Lipinski definition) is 4. The monoisotopic (exact) mass is 319 g/mol. The van der Waals surface area contributed by atoms with E-state index in [1.54, 1.807) is 6.20 Å². The first-order valence-corrected chi connectivity index (χ1v) is 7.90. The van der Waals surface area contributed by atoms with Crippen molar-refractivity contribution < 1.29 is 19.4 Å². The molecule has 0 aliphatic heterocycles. The average Bonchev–Trinajstić information content (AvgIpc) is 2.85. The molecule has 5 nitrogen and oxygen atoms in total. The summed E-state index contributed by atoms with van der Waals surface area (Å²) in [6.07, 6.45) is 1.53. The molecule has 0 saturated carbocycles. The normalized spacial score (nSPS) is 13.3. The first-order valence-electron chi connectivity index (χ1n) is 7.90. The Labute approximate surface area is 136 Å². The molecule has 0 saturated heterocycles. The van der Waals surface area contributed by atoms with E-state index in [0.29, 0.717) is 13.0 Å². The molecular formula is C18H25NO4. The lowest BCUT2D eigenvalue weighted by Crippen LogP contribution is -2.26. The van der Waals surface area contributed by atoms with Crippen LogP contribution in [0.5, 0.6) is 0 Å². The van der Waals surface area contributed by atoms with Gasteiger partial charge in [0.2, 0.25) is 0 Å². The maximum absolute atomic E-state index is 12.4. The maximum Gasteiger partial charge on any atom is 0.419 e. The number of rotatable bonds is 5. The summed E-state index contributed by atoms with van der Waals surface area (Å²) in [5, 5.41) is 10.5. The first kappa shape index (κ1) is 17.5. The molecule has 1 N–H and O–H groups in total. The number of ether oxygens (including phenoxy) is 2. The Balaban J connectivity index is 2.24. The number of fused-ring (bicyclic) bond motifs is 1. The molecule has 1 unspecified atom stereocenters. The number of benzene rings is 1. The van der Waals surface area contributed by atoms with Crippen molar-refractivity contribution >= 4 is 17.0 Å². The fourth-order valence-corrected chi connectivity index (χ4v) is 2.25. The van der Waals surface area contributed by atoms with Crippen LogP contribution in [0.25, 0.3) is 10.9 Å². The SMILES string of the molecule is CCC(O)COCc1cn(C(=O)OC(C)(C)C)c2ccccc12. The summed E-state index contributed by atoms with van der Waals surface area (Å²) in [6.45, 7) is 8.05. The van der Waals surface area contributed by atoms with Crippen molar-refractivity contribution in [2.45, 2.75) is 52.4 Å². The second-order valence-electron chi connectivity index (χ2n) is 6.60. The van der Waals surface area contributed by atoms with Crippen molar-refractivity contribution in [2.24, 2.45) is 0 Å². The highest BCUT2D eigenvalue weighted by molar-refractivity contribution is 5.91. The number of carbonyl (C=O) groups excluding carboxylic acids is 1. The highest BCUT2D eigenvalue weighted by Gasteiger charge is 2.20. The van der Waals surface area contributed by atoms with Crippen LogP contribution >= 0.6 is 0 Å². The first-order chi connectivity index (χ1) is 10.8. The molecule has 1 atom stereocenters. The minimum atomic E-state index is -0.551. The number of carbonyl (C=O) groups is 1. The minimum Gasteiger partial charge on any atom is -0.443 e. The molecule has 0 aliphatic rings. The molecule has 126 valence electrons. The van der Waals surface area contributed by atoms with Gasteiger partial charge in [-0.2, -0.15) is 0 Å². The fourth-order valence-electron chi connectivity index (χ4n) is 2.25. The molecule has 0 bridgehead atoms. The van der Waals surface area contributed by atoms with Crippen LogP contribution in [0, 0.1) is 0 Å². The number of hydrogen-bond donors (Lipinski definition) is 1. The van der Waals surface area contributed by atoms with Gasteiger partial charge in [0.1, 0.15) is 5.60 Å². The van der Waals surface area contributed by atoms with Crippen LogP contribution in [0.15, 0.2) is 30.5 Å². The molecule has 0 radical (unpaired) electrons. The molecule has 2 rings (SSSR count). The van der Waals surface area contributed by atoms with Crippen molar-refractivity contribution in [1.29, 1.82) is 0 Å². The summed E-state index contributed by atoms with van der Waals surface area (Å²) < 4.78 is 12.5. The van der Waals surface area contributed by atoms with Crippen LogP contribution in [0.2, 0.25) is 0 Å². The molecule has 2 aromatic rings. The second kappa shape index (κ2) is 7.15. The number of aliphatic hydroxyl groups excluding tert-OH is 1. The van der Waals surface area contributed by atoms with Crippen LogP contribution < -0.4 is 0 Å². The Kier molecular flexibility index (Phi) is 5.44. The molecule has 1 aromatic heterocycles. The summed E-state index contributed by atoms with van der Waals surface area (Å²) in [4.78, 5) is 12.4. The average molecular weight is 319 g/mol. The smallest absolute Gasteiger partial charge is 0.419 e. The number of aromatic nitrogens is 1. The van der Waals surface area contributed by atoms with Gasteiger partial charge in [-0.15, -0.1) is 0 Å². The molecular weight excluding hydrogens is 294 g/mol. The van der Waals surface area contributed by atoms with Crippen molar-refractivity contribution in [3.05, 3.63) is 36.0 Å². The van der Waals surface area contributed by atoms with Crippen LogP contribution in [0.1, 0.15) is 39.7 Å². The Morgan fingerprint density at radius 3 is 2.65 bits per heavy atom. The summed E-state index contributed by atoms with van der Waals surface area (Å²) >= 11 is 0. The second-order valence-corrected chi connectivity index (χ2v) is 6.60. The van der Waals surface area contributed by atoms with Crippen LogP contribution in [-0.4, -0.2) is 34.1 Å². The topological polar surface area (TPSA) is 60.7 Å². The lowest BCUT2D eigenvalue weighted by atomic mass is 10.2. The third kappa shape index (κ3) is 4.56. The Morgan fingerprint density at radius 1 is 1.30 bits per heavy atom. The van der Waals surface area contributed by atoms with E-state index in [2.05, 4.69) is 0 Å². The lowest BCUT2D eigenvalue weighted by Gasteiger charge is -2.19. The van der Waals surface area contributed by atoms with E-state index in [1.807, 2.05) is 52.0 Å². The van der Waals surface area contributed by atoms with E-state index in [-0.39, 0.29) is 6.61 Å². The summed E-state index contributed by atoms with van der Waals surface area (Å²) in [5.74, 6) is 0. The van der Waals surface area contributed by atoms with Gasteiger partial charge >= 0.3 is 6.09 Å². The third-order valence-corrected chi connectivity index (χ3v) is 3.42. The van der Waals surface area contributed by atoms with E-state index in [1.165, 1.54) is 4.57 Å².